The molecule has 0 radical (unpaired) electrons. The van der Waals surface area contributed by atoms with Crippen LogP contribution in [-0.2, 0) is 6.54 Å². The molecule has 6 nitrogen and oxygen atoms in total. The van der Waals surface area contributed by atoms with Crippen LogP contribution < -0.4 is 16.3 Å². The summed E-state index contributed by atoms with van der Waals surface area (Å²) in [5.74, 6) is 0.584. The van der Waals surface area contributed by atoms with Gasteiger partial charge in [0.05, 0.1) is 6.54 Å². The number of nitrogens with zero attached hydrogens (tertiary/aromatic N) is 2. The summed E-state index contributed by atoms with van der Waals surface area (Å²) >= 11 is 17.5. The molecule has 0 aliphatic heterocycles. The van der Waals surface area contributed by atoms with Gasteiger partial charge in [0.25, 0.3) is 0 Å². The zero-order valence-electron chi connectivity index (χ0n) is 15.8. The van der Waals surface area contributed by atoms with E-state index in [2.05, 4.69) is 15.7 Å². The largest absolute Gasteiger partial charge is 0.423 e. The van der Waals surface area contributed by atoms with Crippen LogP contribution in [-0.4, -0.2) is 14.9 Å². The van der Waals surface area contributed by atoms with Crippen LogP contribution in [0.25, 0.3) is 11.0 Å². The van der Waals surface area contributed by atoms with Crippen LogP contribution in [0.5, 0.6) is 0 Å². The monoisotopic (exact) mass is 458 g/mol. The average Bonchev–Trinajstić information content (AvgIpc) is 3.10. The van der Waals surface area contributed by atoms with Gasteiger partial charge in [-0.05, 0) is 54.5 Å². The average molecular weight is 459 g/mol. The van der Waals surface area contributed by atoms with E-state index >= 15 is 0 Å². The number of hydrogen-bond acceptors (Lipinski definition) is 4. The molecule has 0 unspecified atom stereocenters. The van der Waals surface area contributed by atoms with Gasteiger partial charge in [-0.15, -0.1) is 0 Å². The fourth-order valence-electron chi connectivity index (χ4n) is 3.02. The van der Waals surface area contributed by atoms with Gasteiger partial charge in [0.1, 0.15) is 5.58 Å². The van der Waals surface area contributed by atoms with Crippen LogP contribution in [0, 0.1) is 6.92 Å². The normalized spacial score (nSPS) is 10.9. The van der Waals surface area contributed by atoms with Crippen LogP contribution in [0.1, 0.15) is 11.1 Å². The van der Waals surface area contributed by atoms with Crippen molar-refractivity contribution >= 4 is 63.0 Å². The van der Waals surface area contributed by atoms with E-state index in [0.29, 0.717) is 38.8 Å². The molecule has 2 aromatic heterocycles. The second-order valence-electron chi connectivity index (χ2n) is 6.67. The van der Waals surface area contributed by atoms with E-state index in [0.717, 1.165) is 16.5 Å². The number of hydrogen-bond donors (Lipinski definition) is 2. The molecule has 152 valence electrons. The lowest BCUT2D eigenvalue weighted by molar-refractivity contribution is 0.560. The van der Waals surface area contributed by atoms with Crippen LogP contribution in [0.15, 0.2) is 63.9 Å². The van der Waals surface area contributed by atoms with Gasteiger partial charge in [0.15, 0.2) is 10.9 Å². The lowest BCUT2D eigenvalue weighted by Crippen LogP contribution is -2.19. The number of halogens is 2. The quantitative estimate of drug-likeness (QED) is 0.312. The lowest BCUT2D eigenvalue weighted by Gasteiger charge is -2.10. The first kappa shape index (κ1) is 20.4. The van der Waals surface area contributed by atoms with E-state index in [-0.39, 0.29) is 5.63 Å². The van der Waals surface area contributed by atoms with Gasteiger partial charge >= 0.3 is 5.63 Å². The highest BCUT2D eigenvalue weighted by Crippen LogP contribution is 2.23. The maximum absolute atomic E-state index is 11.6. The minimum absolute atomic E-state index is 0.360. The number of aryl methyl sites for hydroxylation is 1. The van der Waals surface area contributed by atoms with E-state index in [9.17, 15) is 4.79 Å². The predicted octanol–water partition coefficient (Wildman–Crippen LogP) is 5.46. The van der Waals surface area contributed by atoms with E-state index in [1.165, 1.54) is 6.07 Å². The number of rotatable bonds is 4. The molecule has 4 aromatic rings. The van der Waals surface area contributed by atoms with Crippen LogP contribution in [0.4, 0.5) is 11.5 Å². The minimum Gasteiger partial charge on any atom is -0.423 e. The third kappa shape index (κ3) is 4.64. The molecule has 2 heterocycles. The Kier molecular flexibility index (Phi) is 5.76. The molecule has 0 aliphatic rings. The minimum atomic E-state index is -0.385. The second-order valence-corrected chi connectivity index (χ2v) is 7.92. The van der Waals surface area contributed by atoms with Gasteiger partial charge in [-0.3, -0.25) is 4.68 Å². The van der Waals surface area contributed by atoms with E-state index < -0.39 is 0 Å². The Labute approximate surface area is 187 Å². The maximum atomic E-state index is 11.6. The summed E-state index contributed by atoms with van der Waals surface area (Å²) in [6.45, 7) is 2.37. The number of aromatic nitrogens is 2. The first-order valence-electron chi connectivity index (χ1n) is 8.97. The third-order valence-corrected chi connectivity index (χ3v) is 5.23. The molecule has 0 spiro atoms. The van der Waals surface area contributed by atoms with Crippen molar-refractivity contribution in [1.29, 1.82) is 0 Å². The van der Waals surface area contributed by atoms with Crippen molar-refractivity contribution in [1.82, 2.24) is 9.78 Å². The lowest BCUT2D eigenvalue weighted by atomic mass is 10.1. The van der Waals surface area contributed by atoms with Crippen LogP contribution in [0.3, 0.4) is 0 Å². The molecule has 2 aromatic carbocycles. The fourth-order valence-corrected chi connectivity index (χ4v) is 3.71. The second kappa shape index (κ2) is 8.47. The number of thiocarbonyl (C=S) groups is 1. The molecular weight excluding hydrogens is 443 g/mol. The molecule has 2 N–H and O–H groups in total. The first-order chi connectivity index (χ1) is 14.4. The molecule has 30 heavy (non-hydrogen) atoms. The number of nitrogens with one attached hydrogen (secondary N) is 2. The van der Waals surface area contributed by atoms with Crippen molar-refractivity contribution in [2.75, 3.05) is 10.6 Å². The Bertz CT molecular complexity index is 1320. The Morgan fingerprint density at radius 2 is 1.97 bits per heavy atom. The van der Waals surface area contributed by atoms with Gasteiger partial charge in [0.2, 0.25) is 0 Å². The Balaban J connectivity index is 1.43. The highest BCUT2D eigenvalue weighted by atomic mass is 35.5. The maximum Gasteiger partial charge on any atom is 0.336 e. The van der Waals surface area contributed by atoms with Crippen LogP contribution in [0.2, 0.25) is 10.0 Å². The molecule has 0 atom stereocenters. The van der Waals surface area contributed by atoms with Crippen molar-refractivity contribution in [2.24, 2.45) is 0 Å². The SMILES string of the molecule is Cc1cc(=O)oc2cc(NC(=S)Nc3ccn(Cc4ccc(Cl)cc4Cl)n3)ccc12. The molecule has 0 amide bonds. The molecule has 0 saturated carbocycles. The summed E-state index contributed by atoms with van der Waals surface area (Å²) in [4.78, 5) is 11.6. The number of fused-ring (bicyclic) bond motifs is 1. The standard InChI is InChI=1S/C21H16Cl2N4O2S/c1-12-8-20(28)29-18-10-15(4-5-16(12)18)24-21(30)25-19-6-7-27(26-19)11-13-2-3-14(22)9-17(13)23/h2-10H,11H2,1H3,(H2,24,25,26,30). The highest BCUT2D eigenvalue weighted by Gasteiger charge is 2.08. The zero-order chi connectivity index (χ0) is 21.3. The third-order valence-electron chi connectivity index (χ3n) is 4.44. The Morgan fingerprint density at radius 1 is 1.13 bits per heavy atom. The summed E-state index contributed by atoms with van der Waals surface area (Å²) in [5.41, 5.74) is 2.58. The van der Waals surface area contributed by atoms with Gasteiger partial charge in [-0.1, -0.05) is 29.3 Å². The van der Waals surface area contributed by atoms with E-state index in [4.69, 9.17) is 39.8 Å². The fraction of sp³-hybridized carbons (Fsp3) is 0.0952. The topological polar surface area (TPSA) is 72.1 Å². The predicted molar refractivity (Wildman–Crippen MR) is 125 cm³/mol. The van der Waals surface area contributed by atoms with Crippen molar-refractivity contribution < 1.29 is 4.42 Å². The molecule has 0 aliphatic carbocycles. The summed E-state index contributed by atoms with van der Waals surface area (Å²) in [6, 6.07) is 14.1. The van der Waals surface area contributed by atoms with Crippen molar-refractivity contribution in [3.8, 4) is 0 Å². The van der Waals surface area contributed by atoms with Crippen molar-refractivity contribution in [3.05, 3.63) is 86.3 Å². The molecule has 9 heteroatoms. The zero-order valence-corrected chi connectivity index (χ0v) is 18.1. The number of benzene rings is 2. The molecule has 4 rings (SSSR count). The first-order valence-corrected chi connectivity index (χ1v) is 10.1. The van der Waals surface area contributed by atoms with Gasteiger partial charge in [-0.25, -0.2) is 4.79 Å². The van der Waals surface area contributed by atoms with Gasteiger partial charge < -0.3 is 15.1 Å². The molecule has 0 saturated heterocycles. The van der Waals surface area contributed by atoms with E-state index in [1.54, 1.807) is 28.9 Å². The van der Waals surface area contributed by atoms with Crippen LogP contribution >= 0.6 is 35.4 Å². The van der Waals surface area contributed by atoms with Crippen molar-refractivity contribution in [2.45, 2.75) is 13.5 Å². The Hall–Kier alpha value is -2.87. The molecular formula is C21H16Cl2N4O2S. The molecule has 0 fully saturated rings. The van der Waals surface area contributed by atoms with E-state index in [1.807, 2.05) is 31.3 Å². The summed E-state index contributed by atoms with van der Waals surface area (Å²) < 4.78 is 7.01. The Morgan fingerprint density at radius 3 is 2.77 bits per heavy atom. The molecule has 0 bridgehead atoms. The summed E-state index contributed by atoms with van der Waals surface area (Å²) in [7, 11) is 0. The van der Waals surface area contributed by atoms with Gasteiger partial charge in [-0.2, -0.15) is 5.10 Å². The summed E-state index contributed by atoms with van der Waals surface area (Å²) in [5, 5.41) is 13.0. The summed E-state index contributed by atoms with van der Waals surface area (Å²) in [6.07, 6.45) is 1.82. The van der Waals surface area contributed by atoms with Crippen molar-refractivity contribution in [3.63, 3.8) is 0 Å². The highest BCUT2D eigenvalue weighted by molar-refractivity contribution is 7.80. The number of anilines is 2. The smallest absolute Gasteiger partial charge is 0.336 e. The van der Waals surface area contributed by atoms with Gasteiger partial charge in [0, 0.05) is 45.5 Å².